The van der Waals surface area contributed by atoms with E-state index in [1.807, 2.05) is 0 Å². The molecule has 0 atom stereocenters. The third-order valence-corrected chi connectivity index (χ3v) is 8.41. The van der Waals surface area contributed by atoms with Crippen molar-refractivity contribution in [2.75, 3.05) is 12.3 Å². The summed E-state index contributed by atoms with van der Waals surface area (Å²) in [4.78, 5) is 11.3. The minimum absolute atomic E-state index is 0.124. The van der Waals surface area contributed by atoms with Crippen LogP contribution in [0.4, 0.5) is 5.13 Å². The van der Waals surface area contributed by atoms with Crippen LogP contribution in [0.15, 0.2) is 4.79 Å². The van der Waals surface area contributed by atoms with E-state index >= 15 is 0 Å². The normalized spacial score (nSPS) is 13.0. The molecule has 1 aromatic heterocycles. The number of nitrogens with zero attached hydrogens (tertiary/aromatic N) is 2. The van der Waals surface area contributed by atoms with E-state index in [1.165, 1.54) is 4.68 Å². The number of hydrogen-bond donors (Lipinski definition) is 1. The quantitative estimate of drug-likeness (QED) is 0.852. The summed E-state index contributed by atoms with van der Waals surface area (Å²) in [5.41, 5.74) is 5.46. The molecule has 98 valence electrons. The standard InChI is InChI=1S/C10H21N3O2SSi/c1-10(2,3)17(4,5)15-7-6-13-9(14)16-8(11)12-13/h6-7H2,1-5H3,(H2,11,12). The zero-order chi connectivity index (χ0) is 13.3. The molecule has 0 amide bonds. The van der Waals surface area contributed by atoms with Gasteiger partial charge in [-0.2, -0.15) is 0 Å². The second kappa shape index (κ2) is 4.91. The Kier molecular flexibility index (Phi) is 4.16. The van der Waals surface area contributed by atoms with Crippen LogP contribution < -0.4 is 10.6 Å². The van der Waals surface area contributed by atoms with Gasteiger partial charge in [-0.15, -0.1) is 5.10 Å². The fraction of sp³-hybridized carbons (Fsp3) is 0.800. The summed E-state index contributed by atoms with van der Waals surface area (Å²) >= 11 is 0.963. The van der Waals surface area contributed by atoms with Gasteiger partial charge < -0.3 is 10.2 Å². The van der Waals surface area contributed by atoms with Crippen LogP contribution in [0.3, 0.4) is 0 Å². The van der Waals surface area contributed by atoms with Gasteiger partial charge in [-0.05, 0) is 29.5 Å². The molecule has 1 rings (SSSR count). The molecule has 0 aliphatic carbocycles. The van der Waals surface area contributed by atoms with Gasteiger partial charge in [0.25, 0.3) is 0 Å². The van der Waals surface area contributed by atoms with Crippen LogP contribution in [0.25, 0.3) is 0 Å². The highest BCUT2D eigenvalue weighted by Gasteiger charge is 2.36. The van der Waals surface area contributed by atoms with Gasteiger partial charge in [0.1, 0.15) is 0 Å². The highest BCUT2D eigenvalue weighted by atomic mass is 32.1. The molecule has 7 heteroatoms. The average molecular weight is 275 g/mol. The van der Waals surface area contributed by atoms with Crippen molar-refractivity contribution >= 4 is 24.8 Å². The van der Waals surface area contributed by atoms with E-state index < -0.39 is 8.32 Å². The van der Waals surface area contributed by atoms with E-state index in [0.717, 1.165) is 11.3 Å². The van der Waals surface area contributed by atoms with Gasteiger partial charge in [0, 0.05) is 0 Å². The van der Waals surface area contributed by atoms with Crippen LogP contribution in [0.5, 0.6) is 0 Å². The first-order chi connectivity index (χ1) is 7.63. The first-order valence-electron chi connectivity index (χ1n) is 5.61. The molecule has 0 radical (unpaired) electrons. The van der Waals surface area contributed by atoms with Crippen molar-refractivity contribution in [1.82, 2.24) is 9.78 Å². The first-order valence-corrected chi connectivity index (χ1v) is 9.33. The lowest BCUT2D eigenvalue weighted by atomic mass is 10.2. The Morgan fingerprint density at radius 2 is 2.06 bits per heavy atom. The molecule has 0 aliphatic heterocycles. The third-order valence-electron chi connectivity index (χ3n) is 3.19. The summed E-state index contributed by atoms with van der Waals surface area (Å²) in [7, 11) is -1.74. The van der Waals surface area contributed by atoms with Gasteiger partial charge in [0.15, 0.2) is 8.32 Å². The smallest absolute Gasteiger partial charge is 0.326 e. The monoisotopic (exact) mass is 275 g/mol. The van der Waals surface area contributed by atoms with Gasteiger partial charge >= 0.3 is 4.87 Å². The molecule has 2 N–H and O–H groups in total. The van der Waals surface area contributed by atoms with Crippen LogP contribution in [0.1, 0.15) is 20.8 Å². The number of anilines is 1. The summed E-state index contributed by atoms with van der Waals surface area (Å²) in [6.45, 7) is 11.9. The van der Waals surface area contributed by atoms with Crippen molar-refractivity contribution in [3.63, 3.8) is 0 Å². The maximum Gasteiger partial charge on any atom is 0.326 e. The van der Waals surface area contributed by atoms with Crippen molar-refractivity contribution in [3.8, 4) is 0 Å². The average Bonchev–Trinajstić information content (AvgIpc) is 2.43. The van der Waals surface area contributed by atoms with E-state index in [4.69, 9.17) is 10.2 Å². The van der Waals surface area contributed by atoms with Crippen molar-refractivity contribution in [3.05, 3.63) is 9.67 Å². The van der Waals surface area contributed by atoms with Gasteiger partial charge in [-0.1, -0.05) is 20.8 Å². The van der Waals surface area contributed by atoms with Gasteiger partial charge in [0.05, 0.1) is 13.2 Å². The Labute approximate surface area is 107 Å². The fourth-order valence-corrected chi connectivity index (χ4v) is 2.66. The fourth-order valence-electron chi connectivity index (χ4n) is 1.07. The SMILES string of the molecule is CC(C)(C)[Si](C)(C)OCCn1nc(N)sc1=O. The molecule has 17 heavy (non-hydrogen) atoms. The van der Waals surface area contributed by atoms with Crippen LogP contribution in [0, 0.1) is 0 Å². The highest BCUT2D eigenvalue weighted by molar-refractivity contribution is 7.12. The third kappa shape index (κ3) is 3.65. The molecule has 0 aliphatic rings. The molecular weight excluding hydrogens is 254 g/mol. The van der Waals surface area contributed by atoms with E-state index in [2.05, 4.69) is 39.0 Å². The van der Waals surface area contributed by atoms with Gasteiger partial charge in [-0.25, -0.2) is 4.68 Å². The number of nitrogen functional groups attached to an aromatic ring is 1. The largest absolute Gasteiger partial charge is 0.415 e. The van der Waals surface area contributed by atoms with Crippen molar-refractivity contribution in [2.24, 2.45) is 0 Å². The molecule has 0 aromatic carbocycles. The molecular formula is C10H21N3O2SSi. The van der Waals surface area contributed by atoms with Crippen molar-refractivity contribution in [1.29, 1.82) is 0 Å². The molecule has 0 spiro atoms. The first kappa shape index (κ1) is 14.4. The highest BCUT2D eigenvalue weighted by Crippen LogP contribution is 2.36. The Bertz CT molecular complexity index is 433. The van der Waals surface area contributed by atoms with Crippen molar-refractivity contribution < 1.29 is 4.43 Å². The molecule has 0 saturated heterocycles. The number of hydrogen-bond acceptors (Lipinski definition) is 5. The molecule has 0 saturated carbocycles. The maximum absolute atomic E-state index is 11.4. The zero-order valence-corrected chi connectivity index (χ0v) is 12.9. The van der Waals surface area contributed by atoms with E-state index in [1.54, 1.807) is 0 Å². The van der Waals surface area contributed by atoms with E-state index in [9.17, 15) is 4.79 Å². The van der Waals surface area contributed by atoms with E-state index in [0.29, 0.717) is 18.3 Å². The summed E-state index contributed by atoms with van der Waals surface area (Å²) in [6, 6.07) is 0. The predicted octanol–water partition coefficient (Wildman–Crippen LogP) is 1.91. The second-order valence-electron chi connectivity index (χ2n) is 5.54. The Morgan fingerprint density at radius 1 is 1.47 bits per heavy atom. The van der Waals surface area contributed by atoms with Crippen LogP contribution in [0.2, 0.25) is 18.1 Å². The van der Waals surface area contributed by atoms with Crippen LogP contribution in [-0.2, 0) is 11.0 Å². The summed E-state index contributed by atoms with van der Waals surface area (Å²) in [6.07, 6.45) is 0. The van der Waals surface area contributed by atoms with Crippen LogP contribution in [-0.4, -0.2) is 24.7 Å². The van der Waals surface area contributed by atoms with E-state index in [-0.39, 0.29) is 9.91 Å². The summed E-state index contributed by atoms with van der Waals surface area (Å²) in [5.74, 6) is 0. The summed E-state index contributed by atoms with van der Waals surface area (Å²) in [5, 5.41) is 4.42. The zero-order valence-electron chi connectivity index (χ0n) is 11.1. The topological polar surface area (TPSA) is 70.1 Å². The molecule has 0 bridgehead atoms. The van der Waals surface area contributed by atoms with Crippen LogP contribution >= 0.6 is 11.3 Å². The lowest BCUT2D eigenvalue weighted by molar-refractivity contribution is 0.265. The lowest BCUT2D eigenvalue weighted by Crippen LogP contribution is -2.41. The molecule has 5 nitrogen and oxygen atoms in total. The Hall–Kier alpha value is -0.663. The number of nitrogens with two attached hydrogens (primary N) is 1. The second-order valence-corrected chi connectivity index (χ2v) is 11.3. The molecule has 0 unspecified atom stereocenters. The van der Waals surface area contributed by atoms with Gasteiger partial charge in [0.2, 0.25) is 5.13 Å². The molecule has 0 fully saturated rings. The number of rotatable bonds is 4. The van der Waals surface area contributed by atoms with Gasteiger partial charge in [-0.3, -0.25) is 4.79 Å². The lowest BCUT2D eigenvalue weighted by Gasteiger charge is -2.36. The minimum Gasteiger partial charge on any atom is -0.415 e. The molecule has 1 heterocycles. The Morgan fingerprint density at radius 3 is 2.47 bits per heavy atom. The Balaban J connectivity index is 2.54. The molecule has 1 aromatic rings. The maximum atomic E-state index is 11.4. The number of aromatic nitrogens is 2. The minimum atomic E-state index is -1.74. The summed E-state index contributed by atoms with van der Waals surface area (Å²) < 4.78 is 7.33. The van der Waals surface area contributed by atoms with Crippen molar-refractivity contribution in [2.45, 2.75) is 45.4 Å². The predicted molar refractivity (Wildman–Crippen MR) is 73.9 cm³/mol.